The lowest BCUT2D eigenvalue weighted by Gasteiger charge is -2.01. The minimum absolute atomic E-state index is 0.200. The van der Waals surface area contributed by atoms with E-state index in [2.05, 4.69) is 17.2 Å². The van der Waals surface area contributed by atoms with Crippen molar-refractivity contribution in [1.29, 1.82) is 0 Å². The maximum Gasteiger partial charge on any atom is 0.206 e. The van der Waals surface area contributed by atoms with Crippen LogP contribution in [-0.4, -0.2) is 16.0 Å². The zero-order valence-corrected chi connectivity index (χ0v) is 17.4. The van der Waals surface area contributed by atoms with Gasteiger partial charge in [0.05, 0.1) is 12.8 Å². The molecule has 0 saturated heterocycles. The summed E-state index contributed by atoms with van der Waals surface area (Å²) in [6.07, 6.45) is 1.71. The summed E-state index contributed by atoms with van der Waals surface area (Å²) in [4.78, 5) is 5.54. The monoisotopic (exact) mass is 425 g/mol. The minimum Gasteiger partial charge on any atom is -0.508 e. The number of hydrogen-bond acceptors (Lipinski definition) is 5. The molecule has 2 aromatic heterocycles. The number of benzene rings is 3. The molecule has 5 nitrogen and oxygen atoms in total. The van der Waals surface area contributed by atoms with Crippen LogP contribution in [0, 0.1) is 0 Å². The quantitative estimate of drug-likeness (QED) is 0.370. The number of fused-ring (bicyclic) bond motifs is 1. The smallest absolute Gasteiger partial charge is 0.206 e. The largest absolute Gasteiger partial charge is 0.508 e. The summed E-state index contributed by atoms with van der Waals surface area (Å²) in [5.41, 5.74) is 3.58. The molecule has 152 valence electrons. The molecule has 0 aliphatic carbocycles. The molecule has 5 aromatic rings. The van der Waals surface area contributed by atoms with Gasteiger partial charge >= 0.3 is 0 Å². The summed E-state index contributed by atoms with van der Waals surface area (Å²) in [7, 11) is 0. The summed E-state index contributed by atoms with van der Waals surface area (Å²) in [6, 6.07) is 27.0. The van der Waals surface area contributed by atoms with Gasteiger partial charge in [0.2, 0.25) is 4.80 Å². The average molecular weight is 426 g/mol. The maximum absolute atomic E-state index is 9.75. The molecule has 1 N–H and O–H groups in total. The standard InChI is InChI=1S/C25H19N3O2S/c29-21-11-6-9-19(13-21)16-27-28-22(24-14-20-10-4-5-12-23(20)30-24)17-31-25(28)26-15-18-7-2-1-3-8-18/h1-14,16-17,29H,15H2. The molecule has 2 heterocycles. The van der Waals surface area contributed by atoms with Crippen molar-refractivity contribution >= 4 is 28.5 Å². The number of para-hydroxylation sites is 1. The topological polar surface area (TPSA) is 63.0 Å². The molecule has 6 heteroatoms. The van der Waals surface area contributed by atoms with Gasteiger partial charge in [-0.1, -0.05) is 60.7 Å². The fourth-order valence-corrected chi connectivity index (χ4v) is 4.09. The van der Waals surface area contributed by atoms with E-state index < -0.39 is 0 Å². The highest BCUT2D eigenvalue weighted by Crippen LogP contribution is 2.28. The van der Waals surface area contributed by atoms with E-state index >= 15 is 0 Å². The van der Waals surface area contributed by atoms with Gasteiger partial charge in [-0.2, -0.15) is 5.10 Å². The highest BCUT2D eigenvalue weighted by Gasteiger charge is 2.12. The first-order chi connectivity index (χ1) is 15.3. The van der Waals surface area contributed by atoms with Crippen molar-refractivity contribution in [2.45, 2.75) is 6.54 Å². The summed E-state index contributed by atoms with van der Waals surface area (Å²) in [5.74, 6) is 0.928. The first kappa shape index (κ1) is 19.1. The molecule has 31 heavy (non-hydrogen) atoms. The number of nitrogens with zero attached hydrogens (tertiary/aromatic N) is 3. The molecule has 0 amide bonds. The van der Waals surface area contributed by atoms with E-state index in [4.69, 9.17) is 9.41 Å². The molecule has 3 aromatic carbocycles. The lowest BCUT2D eigenvalue weighted by Crippen LogP contribution is -2.12. The molecular weight excluding hydrogens is 406 g/mol. The molecule has 0 spiro atoms. The van der Waals surface area contributed by atoms with Crippen LogP contribution < -0.4 is 4.80 Å². The van der Waals surface area contributed by atoms with Crippen LogP contribution in [0.1, 0.15) is 11.1 Å². The lowest BCUT2D eigenvalue weighted by molar-refractivity contribution is 0.475. The second kappa shape index (κ2) is 8.45. The van der Waals surface area contributed by atoms with Gasteiger partial charge in [0.25, 0.3) is 0 Å². The van der Waals surface area contributed by atoms with Gasteiger partial charge in [-0.05, 0) is 35.4 Å². The van der Waals surface area contributed by atoms with Gasteiger partial charge in [-0.3, -0.25) is 4.99 Å². The Balaban J connectivity index is 1.59. The maximum atomic E-state index is 9.75. The fourth-order valence-electron chi connectivity index (χ4n) is 3.27. The zero-order valence-electron chi connectivity index (χ0n) is 16.6. The van der Waals surface area contributed by atoms with Crippen LogP contribution in [0.15, 0.2) is 105 Å². The van der Waals surface area contributed by atoms with Crippen LogP contribution in [0.4, 0.5) is 0 Å². The molecule has 0 radical (unpaired) electrons. The molecule has 0 aliphatic rings. The van der Waals surface area contributed by atoms with Crippen molar-refractivity contribution in [3.05, 3.63) is 106 Å². The van der Waals surface area contributed by atoms with Crippen LogP contribution in [0.25, 0.3) is 22.4 Å². The number of thiazole rings is 1. The van der Waals surface area contributed by atoms with E-state index in [9.17, 15) is 5.11 Å². The second-order valence-electron chi connectivity index (χ2n) is 7.01. The fraction of sp³-hybridized carbons (Fsp3) is 0.0400. The van der Waals surface area contributed by atoms with E-state index in [0.717, 1.165) is 38.4 Å². The van der Waals surface area contributed by atoms with Crippen LogP contribution in [-0.2, 0) is 6.54 Å². The Labute approximate surface area is 182 Å². The third-order valence-corrected chi connectivity index (χ3v) is 5.65. The number of rotatable bonds is 5. The van der Waals surface area contributed by atoms with Gasteiger partial charge in [0.1, 0.15) is 17.0 Å². The molecule has 0 bridgehead atoms. The number of furan rings is 1. The second-order valence-corrected chi connectivity index (χ2v) is 7.84. The Morgan fingerprint density at radius 3 is 2.61 bits per heavy atom. The van der Waals surface area contributed by atoms with E-state index in [0.29, 0.717) is 6.54 Å². The average Bonchev–Trinajstić information content (AvgIpc) is 3.40. The Kier molecular flexibility index (Phi) is 5.21. The first-order valence-electron chi connectivity index (χ1n) is 9.83. The van der Waals surface area contributed by atoms with Crippen molar-refractivity contribution in [3.8, 4) is 17.2 Å². The van der Waals surface area contributed by atoms with Crippen molar-refractivity contribution in [2.24, 2.45) is 10.1 Å². The van der Waals surface area contributed by atoms with Gasteiger partial charge in [0, 0.05) is 10.8 Å². The number of phenolic OH excluding ortho intramolecular Hbond substituents is 1. The van der Waals surface area contributed by atoms with Crippen LogP contribution in [0.3, 0.4) is 0 Å². The molecular formula is C25H19N3O2S. The summed E-state index contributed by atoms with van der Waals surface area (Å²) in [6.45, 7) is 0.558. The molecule has 5 rings (SSSR count). The SMILES string of the molecule is Oc1cccc(C=Nn2c(-c3cc4ccccc4o3)csc2=NCc2ccccc2)c1. The minimum atomic E-state index is 0.200. The Morgan fingerprint density at radius 2 is 1.77 bits per heavy atom. The predicted molar refractivity (Wildman–Crippen MR) is 124 cm³/mol. The number of aromatic hydroxyl groups is 1. The number of hydrogen-bond donors (Lipinski definition) is 1. The van der Waals surface area contributed by atoms with Crippen molar-refractivity contribution in [2.75, 3.05) is 0 Å². The van der Waals surface area contributed by atoms with Crippen molar-refractivity contribution < 1.29 is 9.52 Å². The normalized spacial score (nSPS) is 12.2. The van der Waals surface area contributed by atoms with Gasteiger partial charge in [-0.15, -0.1) is 11.3 Å². The predicted octanol–water partition coefficient (Wildman–Crippen LogP) is 5.65. The van der Waals surface area contributed by atoms with Crippen molar-refractivity contribution in [3.63, 3.8) is 0 Å². The highest BCUT2D eigenvalue weighted by molar-refractivity contribution is 7.07. The number of aromatic nitrogens is 1. The first-order valence-corrected chi connectivity index (χ1v) is 10.7. The molecule has 0 unspecified atom stereocenters. The van der Waals surface area contributed by atoms with E-state index in [1.165, 1.54) is 11.3 Å². The summed E-state index contributed by atoms with van der Waals surface area (Å²) in [5, 5.41) is 17.5. The van der Waals surface area contributed by atoms with Gasteiger partial charge < -0.3 is 9.52 Å². The Bertz CT molecular complexity index is 1390. The highest BCUT2D eigenvalue weighted by atomic mass is 32.1. The van der Waals surface area contributed by atoms with Crippen LogP contribution in [0.2, 0.25) is 0 Å². The molecule has 0 saturated carbocycles. The Morgan fingerprint density at radius 1 is 0.935 bits per heavy atom. The van der Waals surface area contributed by atoms with Crippen molar-refractivity contribution in [1.82, 2.24) is 4.68 Å². The third kappa shape index (κ3) is 4.20. The van der Waals surface area contributed by atoms with Gasteiger partial charge in [-0.25, -0.2) is 4.68 Å². The van der Waals surface area contributed by atoms with E-state index in [-0.39, 0.29) is 5.75 Å². The third-order valence-electron chi connectivity index (χ3n) is 4.80. The molecule has 0 fully saturated rings. The molecule has 0 atom stereocenters. The lowest BCUT2D eigenvalue weighted by atomic mass is 10.2. The van der Waals surface area contributed by atoms with E-state index in [1.807, 2.05) is 60.0 Å². The summed E-state index contributed by atoms with van der Waals surface area (Å²) >= 11 is 1.51. The molecule has 0 aliphatic heterocycles. The van der Waals surface area contributed by atoms with Gasteiger partial charge in [0.15, 0.2) is 5.76 Å². The van der Waals surface area contributed by atoms with Crippen LogP contribution >= 0.6 is 11.3 Å². The Hall–Kier alpha value is -3.90. The zero-order chi connectivity index (χ0) is 21.0. The van der Waals surface area contributed by atoms with Crippen LogP contribution in [0.5, 0.6) is 5.75 Å². The summed E-state index contributed by atoms with van der Waals surface area (Å²) < 4.78 is 7.86. The number of phenols is 1. The van der Waals surface area contributed by atoms with E-state index in [1.54, 1.807) is 29.1 Å².